The van der Waals surface area contributed by atoms with E-state index in [0.29, 0.717) is 5.91 Å². The monoisotopic (exact) mass is 375 g/mol. The molecule has 0 saturated carbocycles. The van der Waals surface area contributed by atoms with Gasteiger partial charge in [0.25, 0.3) is 0 Å². The highest BCUT2D eigenvalue weighted by molar-refractivity contribution is 6.17. The van der Waals surface area contributed by atoms with Gasteiger partial charge in [-0.3, -0.25) is 9.59 Å². The molecule has 6 nitrogen and oxygen atoms in total. The first kappa shape index (κ1) is 19.1. The van der Waals surface area contributed by atoms with Gasteiger partial charge in [-0.05, 0) is 42.7 Å². The number of ketones is 1. The standard InChI is InChI=1S/C17H8O4.C5H9NO/c18-15(9-6-11-4-2-1-3-5-11)12-7-8-13-14(10-12)17(20)21-16(13)19;1-6-4-2-3-5(6)7/h1-5,7-8,10H;2-4H2,1H3. The Hall–Kier alpha value is -3.72. The summed E-state index contributed by atoms with van der Waals surface area (Å²) in [6.45, 7) is 0.957. The van der Waals surface area contributed by atoms with E-state index in [2.05, 4.69) is 16.6 Å². The molecule has 2 aromatic carbocycles. The number of carbonyl (C=O) groups is 4. The zero-order valence-electron chi connectivity index (χ0n) is 15.2. The lowest BCUT2D eigenvalue weighted by Gasteiger charge is -2.03. The Morgan fingerprint density at radius 2 is 1.71 bits per heavy atom. The van der Waals surface area contributed by atoms with Gasteiger partial charge in [-0.1, -0.05) is 24.1 Å². The van der Waals surface area contributed by atoms with Crippen molar-refractivity contribution in [1.82, 2.24) is 4.90 Å². The molecule has 0 bridgehead atoms. The lowest BCUT2D eigenvalue weighted by Crippen LogP contribution is -2.17. The number of amides is 1. The Bertz CT molecular complexity index is 1010. The molecule has 1 fully saturated rings. The quantitative estimate of drug-likeness (QED) is 0.331. The molecule has 6 heteroatoms. The smallest absolute Gasteiger partial charge is 0.346 e. The zero-order chi connectivity index (χ0) is 20.1. The highest BCUT2D eigenvalue weighted by Gasteiger charge is 2.30. The minimum absolute atomic E-state index is 0.104. The predicted molar refractivity (Wildman–Crippen MR) is 101 cm³/mol. The molecule has 0 radical (unpaired) electrons. The maximum Gasteiger partial charge on any atom is 0.346 e. The van der Waals surface area contributed by atoms with Crippen molar-refractivity contribution in [2.45, 2.75) is 12.8 Å². The Kier molecular flexibility index (Phi) is 5.66. The van der Waals surface area contributed by atoms with E-state index >= 15 is 0 Å². The van der Waals surface area contributed by atoms with Gasteiger partial charge in [-0.15, -0.1) is 0 Å². The summed E-state index contributed by atoms with van der Waals surface area (Å²) in [6, 6.07) is 13.3. The summed E-state index contributed by atoms with van der Waals surface area (Å²) in [5, 5.41) is 0. The fourth-order valence-corrected chi connectivity index (χ4v) is 2.73. The molecule has 0 unspecified atom stereocenters. The number of cyclic esters (lactones) is 2. The molecular formula is C22H17NO5. The number of hydrogen-bond donors (Lipinski definition) is 0. The first-order chi connectivity index (χ1) is 13.5. The van der Waals surface area contributed by atoms with E-state index in [0.717, 1.165) is 24.9 Å². The van der Waals surface area contributed by atoms with E-state index in [1.807, 2.05) is 25.2 Å². The van der Waals surface area contributed by atoms with E-state index in [9.17, 15) is 19.2 Å². The third kappa shape index (κ3) is 4.33. The Labute approximate surface area is 162 Å². The molecule has 0 atom stereocenters. The number of fused-ring (bicyclic) bond motifs is 1. The van der Waals surface area contributed by atoms with Gasteiger partial charge in [-0.2, -0.15) is 0 Å². The molecule has 0 aromatic heterocycles. The second kappa shape index (κ2) is 8.31. The number of esters is 2. The van der Waals surface area contributed by atoms with Crippen LogP contribution in [0.2, 0.25) is 0 Å². The molecule has 2 aromatic rings. The minimum Gasteiger partial charge on any atom is -0.386 e. The maximum absolute atomic E-state index is 12.0. The Morgan fingerprint density at radius 3 is 2.32 bits per heavy atom. The predicted octanol–water partition coefficient (Wildman–Crippen LogP) is 2.47. The van der Waals surface area contributed by atoms with Gasteiger partial charge in [0.2, 0.25) is 11.7 Å². The topological polar surface area (TPSA) is 80.8 Å². The van der Waals surface area contributed by atoms with Crippen LogP contribution in [0.15, 0.2) is 48.5 Å². The van der Waals surface area contributed by atoms with Crippen LogP contribution in [0.1, 0.15) is 49.5 Å². The van der Waals surface area contributed by atoms with E-state index in [-0.39, 0.29) is 16.7 Å². The number of rotatable bonds is 1. The zero-order valence-corrected chi connectivity index (χ0v) is 15.2. The molecule has 0 spiro atoms. The first-order valence-corrected chi connectivity index (χ1v) is 8.71. The fraction of sp³-hybridized carbons (Fsp3) is 0.182. The van der Waals surface area contributed by atoms with Crippen molar-refractivity contribution in [1.29, 1.82) is 0 Å². The lowest BCUT2D eigenvalue weighted by molar-refractivity contribution is -0.126. The van der Waals surface area contributed by atoms with Gasteiger partial charge in [0.05, 0.1) is 11.1 Å². The van der Waals surface area contributed by atoms with Gasteiger partial charge >= 0.3 is 11.9 Å². The number of carbonyl (C=O) groups excluding carboxylic acids is 4. The summed E-state index contributed by atoms with van der Waals surface area (Å²) in [7, 11) is 1.84. The number of Topliss-reactive ketones (excluding diaryl/α,β-unsaturated/α-hetero) is 1. The molecule has 2 aliphatic rings. The number of ether oxygens (including phenoxy) is 1. The van der Waals surface area contributed by atoms with E-state index in [1.54, 1.807) is 17.0 Å². The molecule has 28 heavy (non-hydrogen) atoms. The van der Waals surface area contributed by atoms with Crippen LogP contribution in [-0.4, -0.2) is 42.1 Å². The van der Waals surface area contributed by atoms with Gasteiger partial charge in [0.1, 0.15) is 0 Å². The first-order valence-electron chi connectivity index (χ1n) is 8.71. The minimum atomic E-state index is -0.735. The number of likely N-dealkylation sites (tertiary alicyclic amines) is 1. The Balaban J connectivity index is 0.000000271. The molecule has 4 rings (SSSR count). The van der Waals surface area contributed by atoms with Crippen molar-refractivity contribution in [3.8, 4) is 11.8 Å². The van der Waals surface area contributed by atoms with Crippen molar-refractivity contribution in [2.24, 2.45) is 0 Å². The molecule has 2 aliphatic heterocycles. The maximum atomic E-state index is 12.0. The second-order valence-corrected chi connectivity index (χ2v) is 6.30. The summed E-state index contributed by atoms with van der Waals surface area (Å²) in [5.74, 6) is 3.70. The van der Waals surface area contributed by atoms with Gasteiger partial charge in [0, 0.05) is 31.1 Å². The van der Waals surface area contributed by atoms with E-state index in [1.165, 1.54) is 18.2 Å². The normalized spacial score (nSPS) is 14.5. The SMILES string of the molecule is CN1CCCC1=O.O=C(C#Cc1ccccc1)c1ccc2c(c1)C(=O)OC2=O. The number of hydrogen-bond acceptors (Lipinski definition) is 5. The third-order valence-corrected chi connectivity index (χ3v) is 4.31. The van der Waals surface area contributed by atoms with Crippen molar-refractivity contribution < 1.29 is 23.9 Å². The van der Waals surface area contributed by atoms with E-state index in [4.69, 9.17) is 0 Å². The van der Waals surface area contributed by atoms with Crippen LogP contribution in [0, 0.1) is 11.8 Å². The van der Waals surface area contributed by atoms with Crippen LogP contribution in [0.5, 0.6) is 0 Å². The van der Waals surface area contributed by atoms with Crippen LogP contribution in [-0.2, 0) is 9.53 Å². The van der Waals surface area contributed by atoms with Gasteiger partial charge in [-0.25, -0.2) is 9.59 Å². The second-order valence-electron chi connectivity index (χ2n) is 6.30. The highest BCUT2D eigenvalue weighted by atomic mass is 16.6. The average Bonchev–Trinajstić information content (AvgIpc) is 3.22. The summed E-state index contributed by atoms with van der Waals surface area (Å²) in [5.41, 5.74) is 1.25. The highest BCUT2D eigenvalue weighted by Crippen LogP contribution is 2.21. The summed E-state index contributed by atoms with van der Waals surface area (Å²) < 4.78 is 4.47. The summed E-state index contributed by atoms with van der Waals surface area (Å²) in [4.78, 5) is 47.0. The van der Waals surface area contributed by atoms with Crippen LogP contribution in [0.4, 0.5) is 0 Å². The molecule has 1 saturated heterocycles. The van der Waals surface area contributed by atoms with Crippen LogP contribution < -0.4 is 0 Å². The van der Waals surface area contributed by atoms with E-state index < -0.39 is 17.7 Å². The molecule has 140 valence electrons. The third-order valence-electron chi connectivity index (χ3n) is 4.31. The molecule has 2 heterocycles. The van der Waals surface area contributed by atoms with Crippen molar-refractivity contribution >= 4 is 23.6 Å². The molecule has 1 amide bonds. The van der Waals surface area contributed by atoms with Crippen LogP contribution >= 0.6 is 0 Å². The van der Waals surface area contributed by atoms with Gasteiger partial charge < -0.3 is 9.64 Å². The van der Waals surface area contributed by atoms with Crippen LogP contribution in [0.3, 0.4) is 0 Å². The number of nitrogens with zero attached hydrogens (tertiary/aromatic N) is 1. The van der Waals surface area contributed by atoms with Crippen molar-refractivity contribution in [3.05, 3.63) is 70.8 Å². The fourth-order valence-electron chi connectivity index (χ4n) is 2.73. The average molecular weight is 375 g/mol. The van der Waals surface area contributed by atoms with Crippen LogP contribution in [0.25, 0.3) is 0 Å². The lowest BCUT2D eigenvalue weighted by atomic mass is 10.0. The molecule has 0 N–H and O–H groups in total. The van der Waals surface area contributed by atoms with Crippen molar-refractivity contribution in [3.63, 3.8) is 0 Å². The molecular weight excluding hydrogens is 358 g/mol. The Morgan fingerprint density at radius 1 is 1.00 bits per heavy atom. The molecule has 0 aliphatic carbocycles. The summed E-state index contributed by atoms with van der Waals surface area (Å²) >= 11 is 0. The van der Waals surface area contributed by atoms with Gasteiger partial charge in [0.15, 0.2) is 0 Å². The number of benzene rings is 2. The van der Waals surface area contributed by atoms with Crippen molar-refractivity contribution in [2.75, 3.05) is 13.6 Å². The summed E-state index contributed by atoms with van der Waals surface area (Å²) in [6.07, 6.45) is 1.81. The largest absolute Gasteiger partial charge is 0.386 e.